The van der Waals surface area contributed by atoms with E-state index in [2.05, 4.69) is 94.7 Å². The van der Waals surface area contributed by atoms with Crippen LogP contribution < -0.4 is 0 Å². The molecule has 0 saturated carbocycles. The zero-order valence-electron chi connectivity index (χ0n) is 18.8. The zero-order valence-corrected chi connectivity index (χ0v) is 18.8. The van der Waals surface area contributed by atoms with Crippen LogP contribution in [0.1, 0.15) is 35.4 Å². The summed E-state index contributed by atoms with van der Waals surface area (Å²) in [6.07, 6.45) is 2.41. The van der Waals surface area contributed by atoms with Gasteiger partial charge in [-0.3, -0.25) is 4.90 Å². The Morgan fingerprint density at radius 1 is 0.750 bits per heavy atom. The van der Waals surface area contributed by atoms with Crippen molar-refractivity contribution >= 4 is 0 Å². The Bertz CT molecular complexity index is 970. The minimum Gasteiger partial charge on any atom is -0.383 e. The summed E-state index contributed by atoms with van der Waals surface area (Å²) in [7, 11) is 0. The minimum atomic E-state index is -0.799. The van der Waals surface area contributed by atoms with Crippen LogP contribution in [0.3, 0.4) is 0 Å². The lowest BCUT2D eigenvalue weighted by atomic mass is 9.83. The van der Waals surface area contributed by atoms with E-state index >= 15 is 0 Å². The Morgan fingerprint density at radius 3 is 2.00 bits per heavy atom. The van der Waals surface area contributed by atoms with Gasteiger partial charge in [0.2, 0.25) is 0 Å². The predicted octanol–water partition coefficient (Wildman–Crippen LogP) is 4.89. The highest BCUT2D eigenvalue weighted by molar-refractivity contribution is 5.27. The van der Waals surface area contributed by atoms with E-state index in [-0.39, 0.29) is 5.92 Å². The van der Waals surface area contributed by atoms with Gasteiger partial charge in [0, 0.05) is 32.1 Å². The van der Waals surface area contributed by atoms with Crippen LogP contribution in [0.15, 0.2) is 91.0 Å². The molecule has 2 heterocycles. The van der Waals surface area contributed by atoms with Crippen molar-refractivity contribution in [1.82, 2.24) is 9.80 Å². The third-order valence-electron chi connectivity index (χ3n) is 7.48. The number of hydrogen-bond donors (Lipinski definition) is 1. The van der Waals surface area contributed by atoms with Crippen LogP contribution in [0.2, 0.25) is 0 Å². The van der Waals surface area contributed by atoms with E-state index in [4.69, 9.17) is 0 Å². The number of rotatable bonds is 6. The van der Waals surface area contributed by atoms with Crippen molar-refractivity contribution in [2.45, 2.75) is 30.9 Å². The maximum Gasteiger partial charge on any atom is 0.107 e. The number of nitrogens with zero attached hydrogens (tertiary/aromatic N) is 2. The van der Waals surface area contributed by atoms with Gasteiger partial charge in [-0.25, -0.2) is 0 Å². The van der Waals surface area contributed by atoms with Gasteiger partial charge in [-0.1, -0.05) is 91.0 Å². The highest BCUT2D eigenvalue weighted by Gasteiger charge is 2.47. The van der Waals surface area contributed by atoms with E-state index in [0.29, 0.717) is 12.5 Å². The summed E-state index contributed by atoms with van der Waals surface area (Å²) < 4.78 is 0. The predicted molar refractivity (Wildman–Crippen MR) is 130 cm³/mol. The normalized spacial score (nSPS) is 25.2. The second-order valence-electron chi connectivity index (χ2n) is 9.63. The first-order valence-electron chi connectivity index (χ1n) is 12.0. The quantitative estimate of drug-likeness (QED) is 0.608. The molecule has 1 N–H and O–H groups in total. The average molecular weight is 427 g/mol. The van der Waals surface area contributed by atoms with E-state index in [1.165, 1.54) is 24.0 Å². The smallest absolute Gasteiger partial charge is 0.107 e. The maximum absolute atomic E-state index is 12.0. The van der Waals surface area contributed by atoms with Crippen molar-refractivity contribution in [3.63, 3.8) is 0 Å². The van der Waals surface area contributed by atoms with Crippen LogP contribution in [-0.4, -0.2) is 47.6 Å². The number of aliphatic hydroxyl groups is 1. The number of β-amino-alcohol motifs (C(OH)–C–C–N with tert-alkyl or cyclic N) is 1. The van der Waals surface area contributed by atoms with Crippen LogP contribution in [0.4, 0.5) is 0 Å². The van der Waals surface area contributed by atoms with Gasteiger partial charge in [0.25, 0.3) is 0 Å². The molecule has 0 aliphatic carbocycles. The molecule has 5 rings (SSSR count). The summed E-state index contributed by atoms with van der Waals surface area (Å²) >= 11 is 0. The van der Waals surface area contributed by atoms with Crippen LogP contribution >= 0.6 is 0 Å². The summed E-state index contributed by atoms with van der Waals surface area (Å²) in [5.41, 5.74) is 3.04. The molecule has 3 nitrogen and oxygen atoms in total. The Kier molecular flexibility index (Phi) is 6.40. The third kappa shape index (κ3) is 4.66. The first-order chi connectivity index (χ1) is 15.7. The molecule has 0 radical (unpaired) electrons. The van der Waals surface area contributed by atoms with Crippen molar-refractivity contribution in [3.05, 3.63) is 108 Å². The Balaban J connectivity index is 1.28. The molecular formula is C29H34N2O. The first kappa shape index (κ1) is 21.4. The second kappa shape index (κ2) is 9.58. The van der Waals surface area contributed by atoms with Crippen LogP contribution in [0.5, 0.6) is 0 Å². The lowest BCUT2D eigenvalue weighted by molar-refractivity contribution is -0.00789. The fourth-order valence-corrected chi connectivity index (χ4v) is 5.71. The molecule has 166 valence electrons. The van der Waals surface area contributed by atoms with E-state index < -0.39 is 5.60 Å². The van der Waals surface area contributed by atoms with Crippen molar-refractivity contribution in [2.24, 2.45) is 5.92 Å². The molecule has 2 atom stereocenters. The Hall–Kier alpha value is -2.46. The Morgan fingerprint density at radius 2 is 1.34 bits per heavy atom. The Labute approximate surface area is 192 Å². The van der Waals surface area contributed by atoms with Crippen molar-refractivity contribution in [3.8, 4) is 0 Å². The summed E-state index contributed by atoms with van der Waals surface area (Å²) in [6.45, 7) is 5.69. The lowest BCUT2D eigenvalue weighted by Gasteiger charge is -2.37. The summed E-state index contributed by atoms with van der Waals surface area (Å²) in [5.74, 6) is 0.875. The standard InChI is InChI=1S/C29H34N2O/c32-29(27-14-8-3-9-15-27)23-31(20-24-10-4-1-5-11-24)22-28(29)21-30-18-16-26(17-19-30)25-12-6-2-7-13-25/h1-15,26,28,32H,16-23H2/t28-,29-/m1/s1. The van der Waals surface area contributed by atoms with Crippen molar-refractivity contribution in [1.29, 1.82) is 0 Å². The second-order valence-corrected chi connectivity index (χ2v) is 9.63. The largest absolute Gasteiger partial charge is 0.383 e. The third-order valence-corrected chi connectivity index (χ3v) is 7.48. The highest BCUT2D eigenvalue weighted by Crippen LogP contribution is 2.39. The molecule has 0 unspecified atom stereocenters. The van der Waals surface area contributed by atoms with Crippen LogP contribution in [0.25, 0.3) is 0 Å². The summed E-state index contributed by atoms with van der Waals surface area (Å²) in [4.78, 5) is 5.02. The minimum absolute atomic E-state index is 0.210. The highest BCUT2D eigenvalue weighted by atomic mass is 16.3. The topological polar surface area (TPSA) is 26.7 Å². The average Bonchev–Trinajstić information content (AvgIpc) is 3.17. The molecular weight excluding hydrogens is 392 g/mol. The molecule has 32 heavy (non-hydrogen) atoms. The van der Waals surface area contributed by atoms with E-state index in [1.54, 1.807) is 0 Å². The fraction of sp³-hybridized carbons (Fsp3) is 0.379. The molecule has 2 aliphatic heterocycles. The summed E-state index contributed by atoms with van der Waals surface area (Å²) in [6, 6.07) is 31.9. The number of hydrogen-bond acceptors (Lipinski definition) is 3. The van der Waals surface area contributed by atoms with Gasteiger partial charge in [-0.2, -0.15) is 0 Å². The molecule has 2 saturated heterocycles. The van der Waals surface area contributed by atoms with Gasteiger partial charge in [-0.05, 0) is 48.5 Å². The molecule has 2 aliphatic rings. The molecule has 0 amide bonds. The molecule has 0 aromatic heterocycles. The van der Waals surface area contributed by atoms with E-state index in [0.717, 1.165) is 38.3 Å². The number of benzene rings is 3. The summed E-state index contributed by atoms with van der Waals surface area (Å²) in [5, 5.41) is 12.0. The SMILES string of the molecule is O[C@@]1(c2ccccc2)CN(Cc2ccccc2)C[C@H]1CN1CCC(c2ccccc2)CC1. The van der Waals surface area contributed by atoms with Gasteiger partial charge in [-0.15, -0.1) is 0 Å². The monoisotopic (exact) mass is 426 g/mol. The first-order valence-corrected chi connectivity index (χ1v) is 12.0. The van der Waals surface area contributed by atoms with Crippen LogP contribution in [0, 0.1) is 5.92 Å². The maximum atomic E-state index is 12.0. The zero-order chi connectivity index (χ0) is 21.8. The van der Waals surface area contributed by atoms with Gasteiger partial charge >= 0.3 is 0 Å². The van der Waals surface area contributed by atoms with Gasteiger partial charge in [0.15, 0.2) is 0 Å². The molecule has 0 spiro atoms. The van der Waals surface area contributed by atoms with Crippen molar-refractivity contribution in [2.75, 3.05) is 32.7 Å². The lowest BCUT2D eigenvalue weighted by Crippen LogP contribution is -2.44. The van der Waals surface area contributed by atoms with E-state index in [9.17, 15) is 5.11 Å². The molecule has 2 fully saturated rings. The molecule has 3 aromatic rings. The van der Waals surface area contributed by atoms with Gasteiger partial charge < -0.3 is 10.0 Å². The van der Waals surface area contributed by atoms with Gasteiger partial charge in [0.1, 0.15) is 5.60 Å². The van der Waals surface area contributed by atoms with Gasteiger partial charge in [0.05, 0.1) is 0 Å². The number of piperidine rings is 1. The van der Waals surface area contributed by atoms with Crippen molar-refractivity contribution < 1.29 is 5.11 Å². The molecule has 3 heteroatoms. The molecule has 3 aromatic carbocycles. The van der Waals surface area contributed by atoms with Crippen LogP contribution in [-0.2, 0) is 12.1 Å². The van der Waals surface area contributed by atoms with E-state index in [1.807, 2.05) is 6.07 Å². The molecule has 0 bridgehead atoms. The number of likely N-dealkylation sites (tertiary alicyclic amines) is 2. The fourth-order valence-electron chi connectivity index (χ4n) is 5.71.